The Morgan fingerprint density at radius 2 is 1.85 bits per heavy atom. The predicted octanol–water partition coefficient (Wildman–Crippen LogP) is 4.06. The molecule has 0 aliphatic heterocycles. The lowest BCUT2D eigenvalue weighted by Crippen LogP contribution is -2.16. The lowest BCUT2D eigenvalue weighted by Gasteiger charge is -2.15. The molecule has 0 saturated heterocycles. The standard InChI is InChI=1S/C18H18BrN3O3S/c1-12-10-13(2)22(20-12)16-7-5-4-6-15(16)21-26(23,24)18-11-14(19)8-9-17(18)25-3/h4-11,21H,1-3H3. The minimum absolute atomic E-state index is 0.0533. The Kier molecular flexibility index (Phi) is 5.06. The van der Waals surface area contributed by atoms with Gasteiger partial charge in [0, 0.05) is 10.2 Å². The summed E-state index contributed by atoms with van der Waals surface area (Å²) < 4.78 is 36.1. The number of hydrogen-bond donors (Lipinski definition) is 1. The zero-order valence-electron chi connectivity index (χ0n) is 14.5. The van der Waals surface area contributed by atoms with E-state index in [0.717, 1.165) is 11.4 Å². The van der Waals surface area contributed by atoms with Crippen molar-refractivity contribution >= 4 is 31.6 Å². The summed E-state index contributed by atoms with van der Waals surface area (Å²) in [6.45, 7) is 3.81. The summed E-state index contributed by atoms with van der Waals surface area (Å²) in [5.41, 5.74) is 2.85. The molecular formula is C18H18BrN3O3S. The second-order valence-corrected chi connectivity index (χ2v) is 8.32. The fraction of sp³-hybridized carbons (Fsp3) is 0.167. The Morgan fingerprint density at radius 1 is 1.12 bits per heavy atom. The van der Waals surface area contributed by atoms with Gasteiger partial charge in [-0.05, 0) is 50.2 Å². The molecular weight excluding hydrogens is 418 g/mol. The molecule has 1 heterocycles. The van der Waals surface area contributed by atoms with Crippen LogP contribution in [-0.4, -0.2) is 25.3 Å². The zero-order valence-corrected chi connectivity index (χ0v) is 16.9. The summed E-state index contributed by atoms with van der Waals surface area (Å²) in [7, 11) is -2.42. The number of halogens is 1. The van der Waals surface area contributed by atoms with Crippen molar-refractivity contribution < 1.29 is 13.2 Å². The van der Waals surface area contributed by atoms with Crippen LogP contribution in [0.5, 0.6) is 5.75 Å². The smallest absolute Gasteiger partial charge is 0.265 e. The average molecular weight is 436 g/mol. The van der Waals surface area contributed by atoms with Gasteiger partial charge in [0.25, 0.3) is 10.0 Å². The highest BCUT2D eigenvalue weighted by molar-refractivity contribution is 9.10. The van der Waals surface area contributed by atoms with Gasteiger partial charge in [0.15, 0.2) is 0 Å². The Balaban J connectivity index is 2.07. The molecule has 0 bridgehead atoms. The highest BCUT2D eigenvalue weighted by Gasteiger charge is 2.22. The van der Waals surface area contributed by atoms with Gasteiger partial charge in [0.2, 0.25) is 0 Å². The fourth-order valence-electron chi connectivity index (χ4n) is 2.68. The molecule has 8 heteroatoms. The highest BCUT2D eigenvalue weighted by atomic mass is 79.9. The van der Waals surface area contributed by atoms with Crippen LogP contribution in [0.25, 0.3) is 5.69 Å². The SMILES string of the molecule is COc1ccc(Br)cc1S(=O)(=O)Nc1ccccc1-n1nc(C)cc1C. The Hall–Kier alpha value is -2.32. The number of nitrogens with one attached hydrogen (secondary N) is 1. The third kappa shape index (κ3) is 3.61. The van der Waals surface area contributed by atoms with E-state index < -0.39 is 10.0 Å². The second kappa shape index (κ2) is 7.13. The maximum absolute atomic E-state index is 13.0. The quantitative estimate of drug-likeness (QED) is 0.655. The zero-order chi connectivity index (χ0) is 18.9. The molecule has 136 valence electrons. The van der Waals surface area contributed by atoms with Gasteiger partial charge in [0.05, 0.1) is 24.2 Å². The van der Waals surface area contributed by atoms with E-state index in [1.54, 1.807) is 28.9 Å². The molecule has 0 atom stereocenters. The molecule has 0 aliphatic rings. The van der Waals surface area contributed by atoms with Crippen molar-refractivity contribution in [2.45, 2.75) is 18.7 Å². The minimum Gasteiger partial charge on any atom is -0.495 e. The first-order valence-corrected chi connectivity index (χ1v) is 10.1. The topological polar surface area (TPSA) is 73.2 Å². The van der Waals surface area contributed by atoms with E-state index in [9.17, 15) is 8.42 Å². The van der Waals surface area contributed by atoms with Gasteiger partial charge in [-0.1, -0.05) is 28.1 Å². The number of benzene rings is 2. The van der Waals surface area contributed by atoms with Crippen LogP contribution in [-0.2, 0) is 10.0 Å². The summed E-state index contributed by atoms with van der Waals surface area (Å²) in [6.07, 6.45) is 0. The maximum Gasteiger partial charge on any atom is 0.265 e. The Morgan fingerprint density at radius 3 is 2.50 bits per heavy atom. The van der Waals surface area contributed by atoms with Crippen LogP contribution in [0.2, 0.25) is 0 Å². The fourth-order valence-corrected chi connectivity index (χ4v) is 4.46. The number of aryl methyl sites for hydroxylation is 2. The van der Waals surface area contributed by atoms with Crippen LogP contribution in [0.3, 0.4) is 0 Å². The molecule has 2 aromatic carbocycles. The minimum atomic E-state index is -3.86. The molecule has 0 spiro atoms. The number of methoxy groups -OCH3 is 1. The molecule has 26 heavy (non-hydrogen) atoms. The van der Waals surface area contributed by atoms with Gasteiger partial charge in [-0.2, -0.15) is 5.10 Å². The monoisotopic (exact) mass is 435 g/mol. The van der Waals surface area contributed by atoms with E-state index in [2.05, 4.69) is 25.8 Å². The van der Waals surface area contributed by atoms with E-state index >= 15 is 0 Å². The van der Waals surface area contributed by atoms with Crippen LogP contribution in [0.4, 0.5) is 5.69 Å². The van der Waals surface area contributed by atoms with Crippen LogP contribution in [0.1, 0.15) is 11.4 Å². The molecule has 6 nitrogen and oxygen atoms in total. The van der Waals surface area contributed by atoms with Gasteiger partial charge in [-0.3, -0.25) is 4.72 Å². The third-order valence-corrected chi connectivity index (χ3v) is 5.68. The lowest BCUT2D eigenvalue weighted by atomic mass is 10.2. The number of nitrogens with zero attached hydrogens (tertiary/aromatic N) is 2. The van der Waals surface area contributed by atoms with Crippen molar-refractivity contribution in [3.8, 4) is 11.4 Å². The molecule has 0 unspecified atom stereocenters. The first-order valence-electron chi connectivity index (χ1n) is 7.81. The number of hydrogen-bond acceptors (Lipinski definition) is 4. The van der Waals surface area contributed by atoms with Crippen LogP contribution in [0, 0.1) is 13.8 Å². The largest absolute Gasteiger partial charge is 0.495 e. The summed E-state index contributed by atoms with van der Waals surface area (Å²) in [5, 5.41) is 4.44. The first kappa shape index (κ1) is 18.5. The Labute approximate surface area is 161 Å². The number of rotatable bonds is 5. The van der Waals surface area contributed by atoms with E-state index in [1.807, 2.05) is 32.0 Å². The highest BCUT2D eigenvalue weighted by Crippen LogP contribution is 2.30. The van der Waals surface area contributed by atoms with Crippen molar-refractivity contribution in [3.05, 3.63) is 64.4 Å². The normalized spacial score (nSPS) is 11.4. The average Bonchev–Trinajstić information content (AvgIpc) is 2.93. The van der Waals surface area contributed by atoms with Crippen LogP contribution in [0.15, 0.2) is 57.9 Å². The van der Waals surface area contributed by atoms with Crippen molar-refractivity contribution in [2.75, 3.05) is 11.8 Å². The third-order valence-electron chi connectivity index (χ3n) is 3.80. The number of aromatic nitrogens is 2. The molecule has 1 N–H and O–H groups in total. The van der Waals surface area contributed by atoms with E-state index in [1.165, 1.54) is 13.2 Å². The summed E-state index contributed by atoms with van der Waals surface area (Å²) in [6, 6.07) is 13.9. The van der Waals surface area contributed by atoms with E-state index in [0.29, 0.717) is 15.8 Å². The summed E-state index contributed by atoms with van der Waals surface area (Å²) in [4.78, 5) is 0.0533. The van der Waals surface area contributed by atoms with Crippen molar-refractivity contribution in [1.29, 1.82) is 0 Å². The predicted molar refractivity (Wildman–Crippen MR) is 105 cm³/mol. The van der Waals surface area contributed by atoms with Gasteiger partial charge in [0.1, 0.15) is 10.6 Å². The van der Waals surface area contributed by atoms with E-state index in [-0.39, 0.29) is 10.6 Å². The van der Waals surface area contributed by atoms with Gasteiger partial charge in [-0.25, -0.2) is 13.1 Å². The maximum atomic E-state index is 13.0. The first-order chi connectivity index (χ1) is 12.3. The molecule has 1 aromatic heterocycles. The van der Waals surface area contributed by atoms with Gasteiger partial charge in [-0.15, -0.1) is 0 Å². The van der Waals surface area contributed by atoms with E-state index in [4.69, 9.17) is 4.74 Å². The number of sulfonamides is 1. The molecule has 3 aromatic rings. The molecule has 0 fully saturated rings. The van der Waals surface area contributed by atoms with Crippen molar-refractivity contribution in [3.63, 3.8) is 0 Å². The molecule has 0 saturated carbocycles. The number of ether oxygens (including phenoxy) is 1. The van der Waals surface area contributed by atoms with Crippen molar-refractivity contribution in [1.82, 2.24) is 9.78 Å². The second-order valence-electron chi connectivity index (χ2n) is 5.76. The molecule has 0 amide bonds. The summed E-state index contributed by atoms with van der Waals surface area (Å²) >= 11 is 3.30. The van der Waals surface area contributed by atoms with Crippen molar-refractivity contribution in [2.24, 2.45) is 0 Å². The molecule has 3 rings (SSSR count). The lowest BCUT2D eigenvalue weighted by molar-refractivity contribution is 0.403. The van der Waals surface area contributed by atoms with Crippen LogP contribution < -0.4 is 9.46 Å². The molecule has 0 radical (unpaired) electrons. The molecule has 0 aliphatic carbocycles. The van der Waals surface area contributed by atoms with Gasteiger partial charge >= 0.3 is 0 Å². The van der Waals surface area contributed by atoms with Gasteiger partial charge < -0.3 is 4.74 Å². The number of para-hydroxylation sites is 2. The Bertz CT molecular complexity index is 1060. The van der Waals surface area contributed by atoms with Crippen LogP contribution >= 0.6 is 15.9 Å². The number of anilines is 1. The summed E-state index contributed by atoms with van der Waals surface area (Å²) in [5.74, 6) is 0.268.